The number of amidine groups is 1. The first-order valence-corrected chi connectivity index (χ1v) is 9.04. The van der Waals surface area contributed by atoms with E-state index in [0.717, 1.165) is 16.9 Å². The number of hydrogen-bond acceptors (Lipinski definition) is 4. The summed E-state index contributed by atoms with van der Waals surface area (Å²) in [7, 11) is 1.62. The summed E-state index contributed by atoms with van der Waals surface area (Å²) in [6.45, 7) is 4.31. The highest BCUT2D eigenvalue weighted by Gasteiger charge is 2.32. The van der Waals surface area contributed by atoms with Crippen molar-refractivity contribution in [3.8, 4) is 5.75 Å². The molecular weight excluding hydrogens is 351 g/mol. The van der Waals surface area contributed by atoms with E-state index >= 15 is 0 Å². The minimum absolute atomic E-state index is 0.122. The van der Waals surface area contributed by atoms with Crippen molar-refractivity contribution in [3.05, 3.63) is 64.3 Å². The van der Waals surface area contributed by atoms with Gasteiger partial charge in [-0.05, 0) is 67.1 Å². The third kappa shape index (κ3) is 3.65. The average molecular weight is 370 g/mol. The van der Waals surface area contributed by atoms with Gasteiger partial charge in [0.05, 0.1) is 12.0 Å². The number of thioether (sulfide) groups is 1. The van der Waals surface area contributed by atoms with Crippen LogP contribution >= 0.6 is 11.8 Å². The lowest BCUT2D eigenvalue weighted by Gasteiger charge is -2.12. The number of nitrogens with zero attached hydrogens (tertiary/aromatic N) is 2. The summed E-state index contributed by atoms with van der Waals surface area (Å²) >= 11 is 1.26. The highest BCUT2D eigenvalue weighted by molar-refractivity contribution is 8.18. The molecule has 0 atom stereocenters. The molecule has 134 valence electrons. The molecule has 0 bridgehead atoms. The molecule has 3 rings (SSSR count). The van der Waals surface area contributed by atoms with Gasteiger partial charge in [-0.2, -0.15) is 0 Å². The van der Waals surface area contributed by atoms with Crippen molar-refractivity contribution in [3.63, 3.8) is 0 Å². The number of benzene rings is 2. The third-order valence-corrected chi connectivity index (χ3v) is 5.04. The van der Waals surface area contributed by atoms with E-state index in [0.29, 0.717) is 16.6 Å². The number of para-hydroxylation sites is 1. The Kier molecular flexibility index (Phi) is 5.42. The zero-order chi connectivity index (χ0) is 18.7. The standard InChI is InChI=1S/C20H19FN2O2S/c1-4-23-19(24)18(12-14-9-10-15(25-3)11-13(14)2)26-20(23)22-17-8-6-5-7-16(17)21/h5-12H,4H2,1-3H3/b18-12+,22-20?. The molecule has 1 heterocycles. The number of likely N-dealkylation sites (N-methyl/N-ethyl adjacent to an activating group) is 1. The van der Waals surface area contributed by atoms with Crippen molar-refractivity contribution in [2.24, 2.45) is 4.99 Å². The van der Waals surface area contributed by atoms with E-state index in [1.165, 1.54) is 17.8 Å². The topological polar surface area (TPSA) is 41.9 Å². The highest BCUT2D eigenvalue weighted by atomic mass is 32.2. The van der Waals surface area contributed by atoms with Crippen molar-refractivity contribution in [1.82, 2.24) is 4.90 Å². The molecule has 0 aliphatic carbocycles. The summed E-state index contributed by atoms with van der Waals surface area (Å²) in [5.74, 6) is 0.238. The van der Waals surface area contributed by atoms with Crippen LogP contribution in [-0.2, 0) is 4.79 Å². The molecule has 1 saturated heterocycles. The molecule has 0 spiro atoms. The third-order valence-electron chi connectivity index (χ3n) is 4.04. The van der Waals surface area contributed by atoms with Crippen molar-refractivity contribution >= 4 is 34.6 Å². The SMILES string of the molecule is CCN1C(=O)/C(=C\c2ccc(OC)cc2C)SC1=Nc1ccccc1F. The van der Waals surface area contributed by atoms with Crippen LogP contribution in [0.2, 0.25) is 0 Å². The molecule has 0 unspecified atom stereocenters. The lowest BCUT2D eigenvalue weighted by atomic mass is 10.1. The van der Waals surface area contributed by atoms with Gasteiger partial charge in [0.1, 0.15) is 17.3 Å². The number of rotatable bonds is 4. The molecule has 2 aromatic carbocycles. The zero-order valence-corrected chi connectivity index (χ0v) is 15.6. The maximum absolute atomic E-state index is 13.9. The van der Waals surface area contributed by atoms with Gasteiger partial charge in [0.2, 0.25) is 0 Å². The normalized spacial score (nSPS) is 17.4. The zero-order valence-electron chi connectivity index (χ0n) is 14.8. The maximum Gasteiger partial charge on any atom is 0.266 e. The second kappa shape index (κ2) is 7.74. The van der Waals surface area contributed by atoms with Gasteiger partial charge in [0.15, 0.2) is 5.17 Å². The van der Waals surface area contributed by atoms with Crippen molar-refractivity contribution in [1.29, 1.82) is 0 Å². The summed E-state index contributed by atoms with van der Waals surface area (Å²) in [6, 6.07) is 12.0. The number of methoxy groups -OCH3 is 1. The predicted molar refractivity (Wildman–Crippen MR) is 104 cm³/mol. The Hall–Kier alpha value is -2.60. The Balaban J connectivity index is 1.96. The summed E-state index contributed by atoms with van der Waals surface area (Å²) in [5.41, 5.74) is 2.17. The van der Waals surface area contributed by atoms with Crippen LogP contribution in [0.15, 0.2) is 52.4 Å². The predicted octanol–water partition coefficient (Wildman–Crippen LogP) is 4.77. The van der Waals surface area contributed by atoms with Crippen molar-refractivity contribution in [2.45, 2.75) is 13.8 Å². The second-order valence-corrected chi connectivity index (χ2v) is 6.74. The largest absolute Gasteiger partial charge is 0.497 e. The maximum atomic E-state index is 13.9. The van der Waals surface area contributed by atoms with Crippen LogP contribution in [0.4, 0.5) is 10.1 Å². The fraction of sp³-hybridized carbons (Fsp3) is 0.200. The molecule has 0 saturated carbocycles. The Morgan fingerprint density at radius 2 is 2.04 bits per heavy atom. The molecule has 26 heavy (non-hydrogen) atoms. The Labute approximate surface area is 156 Å². The molecule has 0 N–H and O–H groups in total. The fourth-order valence-electron chi connectivity index (χ4n) is 2.59. The van der Waals surface area contributed by atoms with Gasteiger partial charge in [0, 0.05) is 6.54 Å². The number of hydrogen-bond donors (Lipinski definition) is 0. The van der Waals surface area contributed by atoms with Crippen LogP contribution in [0.1, 0.15) is 18.1 Å². The Morgan fingerprint density at radius 3 is 2.69 bits per heavy atom. The van der Waals surface area contributed by atoms with E-state index in [9.17, 15) is 9.18 Å². The van der Waals surface area contributed by atoms with E-state index in [-0.39, 0.29) is 11.6 Å². The summed E-state index contributed by atoms with van der Waals surface area (Å²) in [6.07, 6.45) is 1.84. The number of aryl methyl sites for hydroxylation is 1. The first kappa shape index (κ1) is 18.2. The molecule has 0 aromatic heterocycles. The van der Waals surface area contributed by atoms with Crippen molar-refractivity contribution < 1.29 is 13.9 Å². The van der Waals surface area contributed by atoms with E-state index in [1.807, 2.05) is 38.1 Å². The van der Waals surface area contributed by atoms with Gasteiger partial charge in [-0.25, -0.2) is 9.38 Å². The monoisotopic (exact) mass is 370 g/mol. The molecule has 2 aromatic rings. The molecule has 1 aliphatic rings. The number of carbonyl (C=O) groups is 1. The van der Waals surface area contributed by atoms with Gasteiger partial charge in [0.25, 0.3) is 5.91 Å². The Bertz CT molecular complexity index is 908. The van der Waals surface area contributed by atoms with Crippen molar-refractivity contribution in [2.75, 3.05) is 13.7 Å². The van der Waals surface area contributed by atoms with E-state index in [4.69, 9.17) is 4.74 Å². The molecule has 4 nitrogen and oxygen atoms in total. The Morgan fingerprint density at radius 1 is 1.27 bits per heavy atom. The van der Waals surface area contributed by atoms with Crippen LogP contribution in [0.25, 0.3) is 6.08 Å². The summed E-state index contributed by atoms with van der Waals surface area (Å²) in [4.78, 5) is 19.2. The van der Waals surface area contributed by atoms with Crippen LogP contribution in [0.5, 0.6) is 5.75 Å². The lowest BCUT2D eigenvalue weighted by Crippen LogP contribution is -2.28. The van der Waals surface area contributed by atoms with Gasteiger partial charge < -0.3 is 4.74 Å². The smallest absolute Gasteiger partial charge is 0.266 e. The number of halogens is 1. The molecule has 1 aliphatic heterocycles. The minimum atomic E-state index is -0.410. The lowest BCUT2D eigenvalue weighted by molar-refractivity contribution is -0.122. The van der Waals surface area contributed by atoms with Gasteiger partial charge in [-0.3, -0.25) is 9.69 Å². The van der Waals surface area contributed by atoms with Gasteiger partial charge in [-0.15, -0.1) is 0 Å². The van der Waals surface area contributed by atoms with Crippen LogP contribution in [0, 0.1) is 12.7 Å². The van der Waals surface area contributed by atoms with E-state index in [2.05, 4.69) is 4.99 Å². The first-order valence-electron chi connectivity index (χ1n) is 8.22. The molecular formula is C20H19FN2O2S. The summed E-state index contributed by atoms with van der Waals surface area (Å²) < 4.78 is 19.1. The first-order chi connectivity index (χ1) is 12.5. The van der Waals surface area contributed by atoms with E-state index in [1.54, 1.807) is 30.2 Å². The van der Waals surface area contributed by atoms with Gasteiger partial charge >= 0.3 is 0 Å². The van der Waals surface area contributed by atoms with Crippen LogP contribution < -0.4 is 4.74 Å². The van der Waals surface area contributed by atoms with Crippen LogP contribution in [-0.4, -0.2) is 29.6 Å². The highest BCUT2D eigenvalue weighted by Crippen LogP contribution is 2.35. The molecule has 6 heteroatoms. The summed E-state index contributed by atoms with van der Waals surface area (Å²) in [5, 5.41) is 0.486. The number of amides is 1. The molecule has 1 fully saturated rings. The van der Waals surface area contributed by atoms with E-state index < -0.39 is 5.82 Å². The van der Waals surface area contributed by atoms with Gasteiger partial charge in [-0.1, -0.05) is 18.2 Å². The number of aliphatic imine (C=N–C) groups is 1. The number of carbonyl (C=O) groups excluding carboxylic acids is 1. The number of ether oxygens (including phenoxy) is 1. The second-order valence-electron chi connectivity index (χ2n) is 5.73. The molecule has 0 radical (unpaired) electrons. The minimum Gasteiger partial charge on any atom is -0.497 e. The molecule has 1 amide bonds. The quantitative estimate of drug-likeness (QED) is 0.728. The fourth-order valence-corrected chi connectivity index (χ4v) is 3.64. The van der Waals surface area contributed by atoms with Crippen LogP contribution in [0.3, 0.4) is 0 Å². The average Bonchev–Trinajstić information content (AvgIpc) is 2.93.